The summed E-state index contributed by atoms with van der Waals surface area (Å²) in [5, 5.41) is 0. The molecule has 0 saturated carbocycles. The first kappa shape index (κ1) is 9.48. The van der Waals surface area contributed by atoms with Crippen LogP contribution in [0.3, 0.4) is 0 Å². The average molecular weight is 171 g/mol. The van der Waals surface area contributed by atoms with Gasteiger partial charge in [-0.1, -0.05) is 6.92 Å². The van der Waals surface area contributed by atoms with Crippen LogP contribution in [0.2, 0.25) is 0 Å². The molecule has 1 heterocycles. The van der Waals surface area contributed by atoms with Gasteiger partial charge in [-0.3, -0.25) is 10.2 Å². The minimum absolute atomic E-state index is 0.0202. The number of nitrogens with two attached hydrogens (primary N) is 1. The Kier molecular flexibility index (Phi) is 3.49. The fraction of sp³-hybridized carbons (Fsp3) is 0.875. The van der Waals surface area contributed by atoms with Gasteiger partial charge in [-0.05, 0) is 25.9 Å². The molecule has 1 atom stereocenters. The Bertz CT molecular complexity index is 160. The Balaban J connectivity index is 2.40. The molecule has 0 spiro atoms. The highest BCUT2D eigenvalue weighted by molar-refractivity contribution is 5.78. The molecule has 1 unspecified atom stereocenters. The Hall–Kier alpha value is -0.610. The van der Waals surface area contributed by atoms with E-state index in [0.29, 0.717) is 0 Å². The number of nitrogens with one attached hydrogen (secondary N) is 1. The zero-order valence-corrected chi connectivity index (χ0v) is 7.55. The lowest BCUT2D eigenvalue weighted by atomic mass is 9.97. The van der Waals surface area contributed by atoms with Gasteiger partial charge in [0.1, 0.15) is 0 Å². The molecule has 0 aliphatic carbocycles. The van der Waals surface area contributed by atoms with E-state index in [2.05, 4.69) is 17.2 Å². The summed E-state index contributed by atoms with van der Waals surface area (Å²) in [7, 11) is 0. The molecule has 4 nitrogen and oxygen atoms in total. The molecule has 1 saturated heterocycles. The van der Waals surface area contributed by atoms with E-state index in [4.69, 9.17) is 5.84 Å². The molecule has 1 fully saturated rings. The number of nitrogens with zero attached hydrogens (tertiary/aromatic N) is 1. The molecule has 0 radical (unpaired) electrons. The Morgan fingerprint density at radius 3 is 3.08 bits per heavy atom. The first-order valence-electron chi connectivity index (χ1n) is 4.50. The van der Waals surface area contributed by atoms with Crippen molar-refractivity contribution in [1.82, 2.24) is 10.3 Å². The van der Waals surface area contributed by atoms with Crippen molar-refractivity contribution in [2.45, 2.75) is 19.8 Å². The van der Waals surface area contributed by atoms with Crippen LogP contribution in [-0.2, 0) is 4.79 Å². The minimum Gasteiger partial charge on any atom is -0.303 e. The van der Waals surface area contributed by atoms with E-state index >= 15 is 0 Å². The van der Waals surface area contributed by atoms with Gasteiger partial charge in [-0.15, -0.1) is 0 Å². The van der Waals surface area contributed by atoms with Gasteiger partial charge in [0.2, 0.25) is 5.91 Å². The summed E-state index contributed by atoms with van der Waals surface area (Å²) < 4.78 is 0. The molecular weight excluding hydrogens is 154 g/mol. The second-order valence-electron chi connectivity index (χ2n) is 3.24. The first-order chi connectivity index (χ1) is 5.77. The lowest BCUT2D eigenvalue weighted by molar-refractivity contribution is -0.126. The molecule has 1 rings (SSSR count). The van der Waals surface area contributed by atoms with Crippen LogP contribution in [0.4, 0.5) is 0 Å². The van der Waals surface area contributed by atoms with E-state index in [-0.39, 0.29) is 11.8 Å². The maximum Gasteiger partial charge on any atom is 0.238 e. The third-order valence-electron chi connectivity index (χ3n) is 2.47. The predicted octanol–water partition coefficient (Wildman–Crippen LogP) is -0.292. The van der Waals surface area contributed by atoms with Crippen LogP contribution in [-0.4, -0.2) is 30.4 Å². The van der Waals surface area contributed by atoms with Gasteiger partial charge in [-0.25, -0.2) is 5.84 Å². The van der Waals surface area contributed by atoms with Crippen molar-refractivity contribution >= 4 is 5.91 Å². The highest BCUT2D eigenvalue weighted by Crippen LogP contribution is 2.15. The van der Waals surface area contributed by atoms with Crippen LogP contribution in [0.1, 0.15) is 19.8 Å². The zero-order chi connectivity index (χ0) is 8.97. The number of amides is 1. The summed E-state index contributed by atoms with van der Waals surface area (Å²) in [6.07, 6.45) is 2.07. The SMILES string of the molecule is CCN1CCCC(C(=O)NN)C1. The molecular formula is C8H17N3O. The fourth-order valence-electron chi connectivity index (χ4n) is 1.67. The van der Waals surface area contributed by atoms with Crippen LogP contribution in [0.15, 0.2) is 0 Å². The summed E-state index contributed by atoms with van der Waals surface area (Å²) in [6, 6.07) is 0. The molecule has 12 heavy (non-hydrogen) atoms. The number of carbonyl (C=O) groups excluding carboxylic acids is 1. The summed E-state index contributed by atoms with van der Waals surface area (Å²) >= 11 is 0. The molecule has 0 bridgehead atoms. The van der Waals surface area contributed by atoms with Gasteiger partial charge in [0.15, 0.2) is 0 Å². The smallest absolute Gasteiger partial charge is 0.238 e. The molecule has 3 N–H and O–H groups in total. The first-order valence-corrected chi connectivity index (χ1v) is 4.50. The van der Waals surface area contributed by atoms with Crippen LogP contribution in [0, 0.1) is 5.92 Å². The minimum atomic E-state index is -0.0202. The third-order valence-corrected chi connectivity index (χ3v) is 2.47. The maximum atomic E-state index is 11.2. The second kappa shape index (κ2) is 4.42. The van der Waals surface area contributed by atoms with Crippen LogP contribution in [0.25, 0.3) is 0 Å². The highest BCUT2D eigenvalue weighted by atomic mass is 16.2. The monoisotopic (exact) mass is 171 g/mol. The molecule has 0 aromatic heterocycles. The Labute approximate surface area is 73.1 Å². The average Bonchev–Trinajstić information content (AvgIpc) is 2.17. The largest absolute Gasteiger partial charge is 0.303 e. The molecule has 0 aromatic rings. The van der Waals surface area contributed by atoms with Gasteiger partial charge in [-0.2, -0.15) is 0 Å². The number of rotatable bonds is 2. The van der Waals surface area contributed by atoms with Crippen LogP contribution in [0.5, 0.6) is 0 Å². The van der Waals surface area contributed by atoms with Gasteiger partial charge in [0.25, 0.3) is 0 Å². The zero-order valence-electron chi connectivity index (χ0n) is 7.55. The van der Waals surface area contributed by atoms with E-state index in [0.717, 1.165) is 32.5 Å². The number of carbonyl (C=O) groups is 1. The van der Waals surface area contributed by atoms with Gasteiger partial charge in [0, 0.05) is 6.54 Å². The predicted molar refractivity (Wildman–Crippen MR) is 47.2 cm³/mol. The van der Waals surface area contributed by atoms with Crippen molar-refractivity contribution in [3.05, 3.63) is 0 Å². The molecule has 1 amide bonds. The van der Waals surface area contributed by atoms with Crippen LogP contribution >= 0.6 is 0 Å². The molecule has 1 aliphatic rings. The number of hydrogen-bond donors (Lipinski definition) is 2. The summed E-state index contributed by atoms with van der Waals surface area (Å²) in [4.78, 5) is 13.4. The maximum absolute atomic E-state index is 11.2. The van der Waals surface area contributed by atoms with E-state index in [9.17, 15) is 4.79 Å². The molecule has 1 aliphatic heterocycles. The Morgan fingerprint density at radius 1 is 1.75 bits per heavy atom. The van der Waals surface area contributed by atoms with Gasteiger partial charge < -0.3 is 4.90 Å². The lowest BCUT2D eigenvalue weighted by Crippen LogP contribution is -2.44. The second-order valence-corrected chi connectivity index (χ2v) is 3.24. The van der Waals surface area contributed by atoms with Crippen molar-refractivity contribution in [2.24, 2.45) is 11.8 Å². The third kappa shape index (κ3) is 2.19. The Morgan fingerprint density at radius 2 is 2.50 bits per heavy atom. The summed E-state index contributed by atoms with van der Waals surface area (Å²) in [6.45, 7) is 5.11. The van der Waals surface area contributed by atoms with Gasteiger partial charge in [0.05, 0.1) is 5.92 Å². The van der Waals surface area contributed by atoms with Gasteiger partial charge >= 0.3 is 0 Å². The van der Waals surface area contributed by atoms with Crippen molar-refractivity contribution in [3.63, 3.8) is 0 Å². The van der Waals surface area contributed by atoms with E-state index < -0.39 is 0 Å². The fourth-order valence-corrected chi connectivity index (χ4v) is 1.67. The highest BCUT2D eigenvalue weighted by Gasteiger charge is 2.23. The molecule has 0 aromatic carbocycles. The van der Waals surface area contributed by atoms with E-state index in [1.165, 1.54) is 0 Å². The lowest BCUT2D eigenvalue weighted by Gasteiger charge is -2.30. The topological polar surface area (TPSA) is 58.4 Å². The van der Waals surface area contributed by atoms with Crippen molar-refractivity contribution in [2.75, 3.05) is 19.6 Å². The number of hydrazine groups is 1. The van der Waals surface area contributed by atoms with Crippen molar-refractivity contribution < 1.29 is 4.79 Å². The summed E-state index contributed by atoms with van der Waals surface area (Å²) in [5.41, 5.74) is 2.21. The standard InChI is InChI=1S/C8H17N3O/c1-2-11-5-3-4-7(6-11)8(12)10-9/h7H,2-6,9H2,1H3,(H,10,12). The number of piperidine rings is 1. The van der Waals surface area contributed by atoms with Crippen LogP contribution < -0.4 is 11.3 Å². The van der Waals surface area contributed by atoms with Crippen molar-refractivity contribution in [3.8, 4) is 0 Å². The quantitative estimate of drug-likeness (QED) is 0.341. The van der Waals surface area contributed by atoms with E-state index in [1.54, 1.807) is 0 Å². The normalized spacial score (nSPS) is 25.3. The van der Waals surface area contributed by atoms with E-state index in [1.807, 2.05) is 0 Å². The number of hydrogen-bond acceptors (Lipinski definition) is 3. The number of likely N-dealkylation sites (tertiary alicyclic amines) is 1. The van der Waals surface area contributed by atoms with Crippen molar-refractivity contribution in [1.29, 1.82) is 0 Å². The molecule has 70 valence electrons. The summed E-state index contributed by atoms with van der Waals surface area (Å²) in [5.74, 6) is 5.15. The molecule has 4 heteroatoms.